The highest BCUT2D eigenvalue weighted by molar-refractivity contribution is 5.92. The summed E-state index contributed by atoms with van der Waals surface area (Å²) in [6.07, 6.45) is 1.94. The maximum Gasteiger partial charge on any atom is 0.225 e. The van der Waals surface area contributed by atoms with E-state index in [0.29, 0.717) is 12.2 Å². The van der Waals surface area contributed by atoms with E-state index in [1.165, 1.54) is 16.5 Å². The summed E-state index contributed by atoms with van der Waals surface area (Å²) in [5, 5.41) is 5.22. The molecule has 0 saturated heterocycles. The van der Waals surface area contributed by atoms with Crippen molar-refractivity contribution in [1.82, 2.24) is 15.0 Å². The number of fused-ring (bicyclic) bond motifs is 2. The molecule has 5 aromatic rings. The Labute approximate surface area is 192 Å². The maximum atomic E-state index is 12.5. The molecule has 1 amide bonds. The van der Waals surface area contributed by atoms with Gasteiger partial charge in [-0.1, -0.05) is 42.0 Å². The molecule has 0 fully saturated rings. The summed E-state index contributed by atoms with van der Waals surface area (Å²) in [5.41, 5.74) is 7.32. The highest BCUT2D eigenvalue weighted by atomic mass is 16.1. The molecule has 0 aliphatic carbocycles. The SMILES string of the molecule is Cc1ccc2[nH]c(-c3ccc4ccccc4n3)c(CCCC(=O)Nc3cccc(C)n3)c2c1. The van der Waals surface area contributed by atoms with Crippen LogP contribution in [0.15, 0.2) is 72.8 Å². The number of hydrogen-bond donors (Lipinski definition) is 2. The fourth-order valence-corrected chi connectivity index (χ4v) is 4.29. The van der Waals surface area contributed by atoms with Gasteiger partial charge in [-0.2, -0.15) is 0 Å². The van der Waals surface area contributed by atoms with Gasteiger partial charge in [0.25, 0.3) is 0 Å². The Morgan fingerprint density at radius 1 is 0.939 bits per heavy atom. The van der Waals surface area contributed by atoms with Crippen molar-refractivity contribution < 1.29 is 4.79 Å². The number of carbonyl (C=O) groups excluding carboxylic acids is 1. The minimum Gasteiger partial charge on any atom is -0.353 e. The molecule has 5 nitrogen and oxygen atoms in total. The van der Waals surface area contributed by atoms with E-state index in [2.05, 4.69) is 58.6 Å². The molecule has 2 aromatic carbocycles. The predicted octanol–water partition coefficient (Wildman–Crippen LogP) is 6.36. The van der Waals surface area contributed by atoms with Crippen LogP contribution in [-0.4, -0.2) is 20.9 Å². The number of rotatable bonds is 6. The van der Waals surface area contributed by atoms with Crippen LogP contribution in [0.5, 0.6) is 0 Å². The first-order chi connectivity index (χ1) is 16.1. The Bertz CT molecular complexity index is 1470. The van der Waals surface area contributed by atoms with Crippen molar-refractivity contribution >= 4 is 33.5 Å². The molecule has 0 spiro atoms. The molecule has 0 saturated carbocycles. The third-order valence-corrected chi connectivity index (χ3v) is 5.90. The van der Waals surface area contributed by atoms with Crippen molar-refractivity contribution in [3.63, 3.8) is 0 Å². The van der Waals surface area contributed by atoms with Crippen LogP contribution in [0.1, 0.15) is 29.7 Å². The van der Waals surface area contributed by atoms with E-state index in [4.69, 9.17) is 4.98 Å². The molecule has 0 atom stereocenters. The molecule has 3 aromatic heterocycles. The molecule has 33 heavy (non-hydrogen) atoms. The smallest absolute Gasteiger partial charge is 0.225 e. The molecule has 0 aliphatic heterocycles. The van der Waals surface area contributed by atoms with E-state index in [9.17, 15) is 4.79 Å². The number of nitrogens with one attached hydrogen (secondary N) is 2. The predicted molar refractivity (Wildman–Crippen MR) is 134 cm³/mol. The summed E-state index contributed by atoms with van der Waals surface area (Å²) in [6.45, 7) is 4.02. The first-order valence-electron chi connectivity index (χ1n) is 11.3. The number of carbonyl (C=O) groups is 1. The zero-order valence-electron chi connectivity index (χ0n) is 18.9. The average molecular weight is 435 g/mol. The lowest BCUT2D eigenvalue weighted by atomic mass is 10.0. The van der Waals surface area contributed by atoms with Gasteiger partial charge in [0.1, 0.15) is 5.82 Å². The Kier molecular flexibility index (Phi) is 5.61. The summed E-state index contributed by atoms with van der Waals surface area (Å²) < 4.78 is 0. The quantitative estimate of drug-likeness (QED) is 0.327. The van der Waals surface area contributed by atoms with Crippen molar-refractivity contribution in [2.75, 3.05) is 5.32 Å². The molecular formula is C28H26N4O. The fourth-order valence-electron chi connectivity index (χ4n) is 4.29. The monoisotopic (exact) mass is 434 g/mol. The third kappa shape index (κ3) is 4.48. The van der Waals surface area contributed by atoms with Gasteiger partial charge in [0, 0.05) is 28.4 Å². The van der Waals surface area contributed by atoms with Gasteiger partial charge in [0.15, 0.2) is 0 Å². The van der Waals surface area contributed by atoms with Gasteiger partial charge in [0.05, 0.1) is 16.9 Å². The van der Waals surface area contributed by atoms with E-state index < -0.39 is 0 Å². The van der Waals surface area contributed by atoms with Gasteiger partial charge < -0.3 is 10.3 Å². The fraction of sp³-hybridized carbons (Fsp3) is 0.179. The van der Waals surface area contributed by atoms with Crippen molar-refractivity contribution in [2.24, 2.45) is 0 Å². The number of nitrogens with zero attached hydrogens (tertiary/aromatic N) is 2. The zero-order chi connectivity index (χ0) is 22.8. The van der Waals surface area contributed by atoms with E-state index in [1.807, 2.05) is 43.3 Å². The molecule has 5 rings (SSSR count). The molecule has 5 heteroatoms. The van der Waals surface area contributed by atoms with Gasteiger partial charge >= 0.3 is 0 Å². The Morgan fingerprint density at radius 2 is 1.82 bits per heavy atom. The number of para-hydroxylation sites is 1. The number of hydrogen-bond acceptors (Lipinski definition) is 3. The molecule has 3 heterocycles. The van der Waals surface area contributed by atoms with Crippen LogP contribution in [0.3, 0.4) is 0 Å². The minimum absolute atomic E-state index is 0.0190. The highest BCUT2D eigenvalue weighted by Gasteiger charge is 2.15. The topological polar surface area (TPSA) is 70.7 Å². The summed E-state index contributed by atoms with van der Waals surface area (Å²) in [5.74, 6) is 0.582. The van der Waals surface area contributed by atoms with Crippen LogP contribution in [0.4, 0.5) is 5.82 Å². The Balaban J connectivity index is 1.41. The number of pyridine rings is 2. The summed E-state index contributed by atoms with van der Waals surface area (Å²) in [7, 11) is 0. The van der Waals surface area contributed by atoms with Crippen molar-refractivity contribution in [2.45, 2.75) is 33.1 Å². The zero-order valence-corrected chi connectivity index (χ0v) is 18.9. The number of aromatic amines is 1. The molecule has 0 unspecified atom stereocenters. The van der Waals surface area contributed by atoms with Gasteiger partial charge in [-0.05, 0) is 68.7 Å². The number of anilines is 1. The van der Waals surface area contributed by atoms with Gasteiger partial charge in [-0.25, -0.2) is 9.97 Å². The second-order valence-electron chi connectivity index (χ2n) is 8.48. The number of benzene rings is 2. The molecular weight excluding hydrogens is 408 g/mol. The Morgan fingerprint density at radius 3 is 2.70 bits per heavy atom. The number of aryl methyl sites for hydroxylation is 3. The first-order valence-corrected chi connectivity index (χ1v) is 11.3. The van der Waals surface area contributed by atoms with Gasteiger partial charge in [-0.15, -0.1) is 0 Å². The van der Waals surface area contributed by atoms with Gasteiger partial charge in [0.2, 0.25) is 5.91 Å². The second kappa shape index (κ2) is 8.87. The van der Waals surface area contributed by atoms with Crippen LogP contribution in [0.25, 0.3) is 33.2 Å². The summed E-state index contributed by atoms with van der Waals surface area (Å²) >= 11 is 0. The minimum atomic E-state index is -0.0190. The van der Waals surface area contributed by atoms with E-state index >= 15 is 0 Å². The largest absolute Gasteiger partial charge is 0.353 e. The van der Waals surface area contributed by atoms with Crippen LogP contribution in [0.2, 0.25) is 0 Å². The van der Waals surface area contributed by atoms with Crippen LogP contribution in [0, 0.1) is 13.8 Å². The summed E-state index contributed by atoms with van der Waals surface area (Å²) in [6, 6.07) is 24.4. The normalized spacial score (nSPS) is 11.2. The standard InChI is InChI=1S/C28H26N4O/c1-18-13-15-24-22(17-18)21(9-6-12-27(33)32-26-11-5-7-19(2)29-26)28(31-24)25-16-14-20-8-3-4-10-23(20)30-25/h3-5,7-8,10-11,13-17,31H,6,9,12H2,1-2H3,(H,29,32,33). The van der Waals surface area contributed by atoms with Gasteiger partial charge in [-0.3, -0.25) is 4.79 Å². The van der Waals surface area contributed by atoms with E-state index in [-0.39, 0.29) is 5.91 Å². The number of H-pyrrole nitrogens is 1. The van der Waals surface area contributed by atoms with Crippen molar-refractivity contribution in [3.05, 3.63) is 89.6 Å². The molecule has 164 valence electrons. The van der Waals surface area contributed by atoms with Crippen LogP contribution in [-0.2, 0) is 11.2 Å². The molecule has 0 aliphatic rings. The number of aromatic nitrogens is 3. The van der Waals surface area contributed by atoms with E-state index in [0.717, 1.165) is 46.3 Å². The van der Waals surface area contributed by atoms with Crippen molar-refractivity contribution in [3.8, 4) is 11.4 Å². The van der Waals surface area contributed by atoms with E-state index in [1.54, 1.807) is 0 Å². The Hall–Kier alpha value is -3.99. The lowest BCUT2D eigenvalue weighted by molar-refractivity contribution is -0.116. The first kappa shape index (κ1) is 20.9. The maximum absolute atomic E-state index is 12.5. The molecule has 2 N–H and O–H groups in total. The number of amides is 1. The van der Waals surface area contributed by atoms with Crippen molar-refractivity contribution in [1.29, 1.82) is 0 Å². The lowest BCUT2D eigenvalue weighted by Crippen LogP contribution is -2.12. The van der Waals surface area contributed by atoms with Crippen LogP contribution < -0.4 is 5.32 Å². The second-order valence-corrected chi connectivity index (χ2v) is 8.48. The summed E-state index contributed by atoms with van der Waals surface area (Å²) in [4.78, 5) is 25.4. The lowest BCUT2D eigenvalue weighted by Gasteiger charge is -2.08. The third-order valence-electron chi connectivity index (χ3n) is 5.90. The highest BCUT2D eigenvalue weighted by Crippen LogP contribution is 2.32. The molecule has 0 radical (unpaired) electrons. The average Bonchev–Trinajstić information content (AvgIpc) is 3.16. The molecule has 0 bridgehead atoms. The van der Waals surface area contributed by atoms with Crippen LogP contribution >= 0.6 is 0 Å².